The Labute approximate surface area is 142 Å². The zero-order chi connectivity index (χ0) is 17.2. The standard InChI is InChI=1S/C15H22ClN3O3S/c1-18(2)14-5-4-11(16)8-13(14)17-15(20)9-19(3)12-6-7-23(21,22)10-12/h4-5,8,12H,6-7,9-10H2,1-3H3,(H,17,20). The predicted molar refractivity (Wildman–Crippen MR) is 94.1 cm³/mol. The van der Waals surface area contributed by atoms with Crippen molar-refractivity contribution in [2.45, 2.75) is 12.5 Å². The molecule has 1 amide bonds. The number of sulfone groups is 1. The van der Waals surface area contributed by atoms with Crippen molar-refractivity contribution in [2.24, 2.45) is 0 Å². The molecule has 0 bridgehead atoms. The van der Waals surface area contributed by atoms with Crippen LogP contribution in [0.4, 0.5) is 11.4 Å². The Bertz CT molecular complexity index is 691. The van der Waals surface area contributed by atoms with E-state index in [0.29, 0.717) is 17.1 Å². The number of nitrogens with zero attached hydrogens (tertiary/aromatic N) is 2. The maximum atomic E-state index is 12.3. The fourth-order valence-corrected chi connectivity index (χ4v) is 4.64. The molecule has 1 saturated heterocycles. The number of benzene rings is 1. The van der Waals surface area contributed by atoms with Crippen LogP contribution in [0.15, 0.2) is 18.2 Å². The quantitative estimate of drug-likeness (QED) is 0.862. The van der Waals surface area contributed by atoms with E-state index in [1.54, 1.807) is 24.1 Å². The Morgan fingerprint density at radius 1 is 1.35 bits per heavy atom. The first-order valence-corrected chi connectivity index (χ1v) is 9.55. The molecule has 1 aliphatic heterocycles. The number of likely N-dealkylation sites (N-methyl/N-ethyl adjacent to an activating group) is 1. The molecular weight excluding hydrogens is 338 g/mol. The van der Waals surface area contributed by atoms with E-state index >= 15 is 0 Å². The predicted octanol–water partition coefficient (Wildman–Crippen LogP) is 1.46. The number of rotatable bonds is 5. The van der Waals surface area contributed by atoms with Crippen LogP contribution in [0.2, 0.25) is 5.02 Å². The fourth-order valence-electron chi connectivity index (χ4n) is 2.67. The topological polar surface area (TPSA) is 69.7 Å². The summed E-state index contributed by atoms with van der Waals surface area (Å²) in [7, 11) is 2.58. The van der Waals surface area contributed by atoms with Gasteiger partial charge in [-0.1, -0.05) is 11.6 Å². The van der Waals surface area contributed by atoms with Crippen molar-refractivity contribution < 1.29 is 13.2 Å². The Morgan fingerprint density at radius 3 is 2.61 bits per heavy atom. The van der Waals surface area contributed by atoms with E-state index in [-0.39, 0.29) is 30.0 Å². The van der Waals surface area contributed by atoms with Crippen molar-refractivity contribution in [1.82, 2.24) is 4.90 Å². The first-order chi connectivity index (χ1) is 10.7. The van der Waals surface area contributed by atoms with Crippen LogP contribution >= 0.6 is 11.6 Å². The van der Waals surface area contributed by atoms with Crippen molar-refractivity contribution in [3.8, 4) is 0 Å². The number of hydrogen-bond acceptors (Lipinski definition) is 5. The van der Waals surface area contributed by atoms with Crippen molar-refractivity contribution in [3.05, 3.63) is 23.2 Å². The number of nitrogens with one attached hydrogen (secondary N) is 1. The lowest BCUT2D eigenvalue weighted by Gasteiger charge is -2.23. The molecule has 0 saturated carbocycles. The summed E-state index contributed by atoms with van der Waals surface area (Å²) in [6.07, 6.45) is 0.576. The number of hydrogen-bond donors (Lipinski definition) is 1. The van der Waals surface area contributed by atoms with Gasteiger partial charge in [0.2, 0.25) is 5.91 Å². The molecule has 1 aromatic rings. The van der Waals surface area contributed by atoms with Crippen LogP contribution in [0.3, 0.4) is 0 Å². The van der Waals surface area contributed by atoms with Crippen LogP contribution in [0.25, 0.3) is 0 Å². The van der Waals surface area contributed by atoms with Gasteiger partial charge in [0.1, 0.15) is 0 Å². The molecule has 128 valence electrons. The molecule has 2 rings (SSSR count). The van der Waals surface area contributed by atoms with Gasteiger partial charge in [-0.3, -0.25) is 9.69 Å². The summed E-state index contributed by atoms with van der Waals surface area (Å²) >= 11 is 6.00. The van der Waals surface area contributed by atoms with E-state index in [0.717, 1.165) is 5.69 Å². The fraction of sp³-hybridized carbons (Fsp3) is 0.533. The molecular formula is C15H22ClN3O3S. The third kappa shape index (κ3) is 4.83. The Hall–Kier alpha value is -1.31. The van der Waals surface area contributed by atoms with Crippen LogP contribution in [-0.2, 0) is 14.6 Å². The summed E-state index contributed by atoms with van der Waals surface area (Å²) in [5.74, 6) is 0.127. The first kappa shape index (κ1) is 18.0. The molecule has 0 aliphatic carbocycles. The second-order valence-corrected chi connectivity index (χ2v) is 8.74. The third-order valence-electron chi connectivity index (χ3n) is 3.94. The van der Waals surface area contributed by atoms with Gasteiger partial charge in [0.05, 0.1) is 29.4 Å². The minimum Gasteiger partial charge on any atom is -0.376 e. The van der Waals surface area contributed by atoms with E-state index in [4.69, 9.17) is 11.6 Å². The molecule has 1 aromatic carbocycles. The van der Waals surface area contributed by atoms with Crippen LogP contribution in [0.1, 0.15) is 6.42 Å². The number of carbonyl (C=O) groups is 1. The largest absolute Gasteiger partial charge is 0.376 e. The summed E-state index contributed by atoms with van der Waals surface area (Å²) in [6, 6.07) is 5.21. The molecule has 1 aliphatic rings. The number of halogens is 1. The molecule has 1 unspecified atom stereocenters. The van der Waals surface area contributed by atoms with Crippen LogP contribution in [0.5, 0.6) is 0 Å². The summed E-state index contributed by atoms with van der Waals surface area (Å²) in [5.41, 5.74) is 1.49. The Balaban J connectivity index is 2.01. The zero-order valence-corrected chi connectivity index (χ0v) is 15.1. The third-order valence-corrected chi connectivity index (χ3v) is 5.92. The van der Waals surface area contributed by atoms with E-state index in [2.05, 4.69) is 5.32 Å². The van der Waals surface area contributed by atoms with E-state index < -0.39 is 9.84 Å². The monoisotopic (exact) mass is 359 g/mol. The molecule has 1 fully saturated rings. The average Bonchev–Trinajstić information content (AvgIpc) is 2.78. The van der Waals surface area contributed by atoms with Gasteiger partial charge in [0.25, 0.3) is 0 Å². The molecule has 6 nitrogen and oxygen atoms in total. The van der Waals surface area contributed by atoms with Gasteiger partial charge in [-0.25, -0.2) is 8.42 Å². The highest BCUT2D eigenvalue weighted by atomic mass is 35.5. The second-order valence-electron chi connectivity index (χ2n) is 6.08. The Morgan fingerprint density at radius 2 is 2.04 bits per heavy atom. The minimum atomic E-state index is -2.96. The van der Waals surface area contributed by atoms with E-state index in [9.17, 15) is 13.2 Å². The summed E-state index contributed by atoms with van der Waals surface area (Å²) < 4.78 is 23.1. The van der Waals surface area contributed by atoms with Gasteiger partial charge in [-0.05, 0) is 31.7 Å². The van der Waals surface area contributed by atoms with Gasteiger partial charge >= 0.3 is 0 Å². The van der Waals surface area contributed by atoms with Gasteiger partial charge in [-0.15, -0.1) is 0 Å². The molecule has 0 spiro atoms. The Kier molecular flexibility index (Phi) is 5.54. The molecule has 23 heavy (non-hydrogen) atoms. The van der Waals surface area contributed by atoms with Gasteiger partial charge in [-0.2, -0.15) is 0 Å². The van der Waals surface area contributed by atoms with Crippen LogP contribution < -0.4 is 10.2 Å². The second kappa shape index (κ2) is 7.07. The summed E-state index contributed by atoms with van der Waals surface area (Å²) in [5, 5.41) is 3.39. The van der Waals surface area contributed by atoms with Gasteiger partial charge < -0.3 is 10.2 Å². The summed E-state index contributed by atoms with van der Waals surface area (Å²) in [4.78, 5) is 15.9. The lowest BCUT2D eigenvalue weighted by atomic mass is 10.2. The molecule has 1 atom stereocenters. The van der Waals surface area contributed by atoms with E-state index in [1.807, 2.05) is 25.1 Å². The normalized spacial score (nSPS) is 19.8. The van der Waals surface area contributed by atoms with Crippen molar-refractivity contribution >= 4 is 38.7 Å². The van der Waals surface area contributed by atoms with Crippen molar-refractivity contribution in [3.63, 3.8) is 0 Å². The first-order valence-electron chi connectivity index (χ1n) is 7.35. The van der Waals surface area contributed by atoms with Crippen molar-refractivity contribution in [1.29, 1.82) is 0 Å². The highest BCUT2D eigenvalue weighted by molar-refractivity contribution is 7.91. The SMILES string of the molecule is CN(C)c1ccc(Cl)cc1NC(=O)CN(C)C1CCS(=O)(=O)C1. The molecule has 1 N–H and O–H groups in total. The molecule has 0 radical (unpaired) electrons. The molecule has 1 heterocycles. The number of amides is 1. The highest BCUT2D eigenvalue weighted by Gasteiger charge is 2.31. The zero-order valence-electron chi connectivity index (χ0n) is 13.5. The van der Waals surface area contributed by atoms with Crippen LogP contribution in [0, 0.1) is 0 Å². The maximum absolute atomic E-state index is 12.3. The lowest BCUT2D eigenvalue weighted by molar-refractivity contribution is -0.117. The minimum absolute atomic E-state index is 0.0987. The highest BCUT2D eigenvalue weighted by Crippen LogP contribution is 2.27. The summed E-state index contributed by atoms with van der Waals surface area (Å²) in [6.45, 7) is 0.138. The van der Waals surface area contributed by atoms with Crippen molar-refractivity contribution in [2.75, 3.05) is 49.4 Å². The van der Waals surface area contributed by atoms with Gasteiger partial charge in [0, 0.05) is 25.2 Å². The van der Waals surface area contributed by atoms with E-state index in [1.165, 1.54) is 0 Å². The maximum Gasteiger partial charge on any atom is 0.238 e. The smallest absolute Gasteiger partial charge is 0.238 e. The lowest BCUT2D eigenvalue weighted by Crippen LogP contribution is -2.38. The molecule has 8 heteroatoms. The molecule has 0 aromatic heterocycles. The number of anilines is 2. The van der Waals surface area contributed by atoms with Gasteiger partial charge in [0.15, 0.2) is 9.84 Å². The number of carbonyl (C=O) groups excluding carboxylic acids is 1. The van der Waals surface area contributed by atoms with Crippen LogP contribution in [-0.4, -0.2) is 64.5 Å². The average molecular weight is 360 g/mol.